The lowest BCUT2D eigenvalue weighted by molar-refractivity contribution is 0.378. The predicted octanol–water partition coefficient (Wildman–Crippen LogP) is 6.04. The summed E-state index contributed by atoms with van der Waals surface area (Å²) in [5.74, 6) is 0.921. The lowest BCUT2D eigenvalue weighted by Crippen LogP contribution is -2.35. The van der Waals surface area contributed by atoms with Gasteiger partial charge in [-0.1, -0.05) is 55.8 Å². The quantitative estimate of drug-likeness (QED) is 0.252. The normalized spacial score (nSPS) is 11.5. The first-order valence-electron chi connectivity index (χ1n) is 10.8. The molecular formula is C25H24ClN3O5S. The molecule has 182 valence electrons. The van der Waals surface area contributed by atoms with Crippen LogP contribution in [0.25, 0.3) is 11.4 Å². The number of furan rings is 1. The summed E-state index contributed by atoms with van der Waals surface area (Å²) >= 11 is 6.60. The van der Waals surface area contributed by atoms with Gasteiger partial charge < -0.3 is 13.9 Å². The Hall–Kier alpha value is -3.56. The molecule has 35 heavy (non-hydrogen) atoms. The summed E-state index contributed by atoms with van der Waals surface area (Å²) in [6, 6.07) is 16.8. The van der Waals surface area contributed by atoms with E-state index in [1.54, 1.807) is 48.5 Å². The largest absolute Gasteiger partial charge is 0.493 e. The van der Waals surface area contributed by atoms with Crippen LogP contribution >= 0.6 is 11.6 Å². The highest BCUT2D eigenvalue weighted by molar-refractivity contribution is 7.92. The number of methoxy groups -OCH3 is 1. The smallest absolute Gasteiger partial charge is 0.265 e. The Bertz CT molecular complexity index is 1390. The van der Waals surface area contributed by atoms with Crippen molar-refractivity contribution in [1.29, 1.82) is 0 Å². The number of sulfonamides is 1. The third-order valence-electron chi connectivity index (χ3n) is 4.97. The summed E-state index contributed by atoms with van der Waals surface area (Å²) in [6.45, 7) is 3.94. The van der Waals surface area contributed by atoms with Gasteiger partial charge in [0.1, 0.15) is 6.26 Å². The van der Waals surface area contributed by atoms with Gasteiger partial charge in [0.25, 0.3) is 10.0 Å². The molecule has 4 aromatic rings. The highest BCUT2D eigenvalue weighted by Crippen LogP contribution is 2.42. The molecule has 0 atom stereocenters. The minimum absolute atomic E-state index is 0.00431. The number of para-hydroxylation sites is 2. The molecule has 0 fully saturated rings. The lowest BCUT2D eigenvalue weighted by atomic mass is 10.2. The molecule has 2 aromatic heterocycles. The van der Waals surface area contributed by atoms with Crippen LogP contribution in [0.15, 0.2) is 82.5 Å². The van der Waals surface area contributed by atoms with Crippen molar-refractivity contribution in [2.45, 2.75) is 18.7 Å². The number of rotatable bonds is 9. The van der Waals surface area contributed by atoms with Gasteiger partial charge in [-0.15, -0.1) is 0 Å². The van der Waals surface area contributed by atoms with E-state index < -0.39 is 10.0 Å². The van der Waals surface area contributed by atoms with Gasteiger partial charge >= 0.3 is 0 Å². The summed E-state index contributed by atoms with van der Waals surface area (Å²) in [5.41, 5.74) is 0.540. The third-order valence-corrected chi connectivity index (χ3v) is 6.99. The van der Waals surface area contributed by atoms with Crippen LogP contribution in [0.1, 0.15) is 13.8 Å². The third kappa shape index (κ3) is 5.26. The van der Waals surface area contributed by atoms with Crippen LogP contribution in [0.3, 0.4) is 0 Å². The zero-order valence-electron chi connectivity index (χ0n) is 19.4. The summed E-state index contributed by atoms with van der Waals surface area (Å²) in [7, 11) is -2.52. The molecule has 2 aromatic carbocycles. The van der Waals surface area contributed by atoms with Gasteiger partial charge in [0.15, 0.2) is 28.3 Å². The average Bonchev–Trinajstić information content (AvgIpc) is 3.39. The van der Waals surface area contributed by atoms with Crippen molar-refractivity contribution in [2.24, 2.45) is 5.92 Å². The molecule has 0 bridgehead atoms. The van der Waals surface area contributed by atoms with Crippen molar-refractivity contribution in [3.8, 4) is 28.6 Å². The van der Waals surface area contributed by atoms with E-state index in [1.165, 1.54) is 36.1 Å². The molecule has 0 unspecified atom stereocenters. The SMILES string of the molecule is COc1ccccc1Oc1c(Cl)nc(-c2ccoc2)nc1N(CC(C)C)S(=O)(=O)c1ccccc1. The molecule has 8 nitrogen and oxygen atoms in total. The summed E-state index contributed by atoms with van der Waals surface area (Å²) in [5, 5.41) is -0.0610. The predicted molar refractivity (Wildman–Crippen MR) is 134 cm³/mol. The van der Waals surface area contributed by atoms with Gasteiger partial charge in [-0.05, 0) is 36.2 Å². The van der Waals surface area contributed by atoms with E-state index in [0.29, 0.717) is 17.1 Å². The molecule has 2 heterocycles. The fourth-order valence-corrected chi connectivity index (χ4v) is 5.16. The molecule has 0 saturated heterocycles. The maximum absolute atomic E-state index is 13.8. The first-order chi connectivity index (χ1) is 16.8. The second-order valence-corrected chi connectivity index (χ2v) is 10.2. The van der Waals surface area contributed by atoms with E-state index in [1.807, 2.05) is 13.8 Å². The Balaban J connectivity index is 1.95. The molecule has 0 aliphatic heterocycles. The summed E-state index contributed by atoms with van der Waals surface area (Å²) < 4.78 is 45.5. The number of hydrogen-bond donors (Lipinski definition) is 0. The van der Waals surface area contributed by atoms with Gasteiger partial charge in [0.05, 0.1) is 23.8 Å². The number of anilines is 1. The van der Waals surface area contributed by atoms with Crippen LogP contribution in [0.5, 0.6) is 17.2 Å². The topological polar surface area (TPSA) is 94.8 Å². The van der Waals surface area contributed by atoms with Crippen LogP contribution in [0, 0.1) is 5.92 Å². The van der Waals surface area contributed by atoms with Gasteiger partial charge in [-0.3, -0.25) is 0 Å². The standard InChI is InChI=1S/C25H24ClN3O5S/c1-17(2)15-29(35(30,31)19-9-5-4-6-10-19)25-22(34-21-12-8-7-11-20(21)32-3)23(26)27-24(28-25)18-13-14-33-16-18/h4-14,16-17H,15H2,1-3H3. The Kier molecular flexibility index (Phi) is 7.28. The van der Waals surface area contributed by atoms with Crippen LogP contribution in [0.4, 0.5) is 5.82 Å². The van der Waals surface area contributed by atoms with Gasteiger partial charge in [-0.2, -0.15) is 0 Å². The van der Waals surface area contributed by atoms with Crippen LogP contribution in [-0.2, 0) is 10.0 Å². The number of halogens is 1. The number of benzene rings is 2. The molecule has 0 aliphatic carbocycles. The Morgan fingerprint density at radius 1 is 1.00 bits per heavy atom. The Labute approximate surface area is 209 Å². The number of ether oxygens (including phenoxy) is 2. The van der Waals surface area contributed by atoms with Crippen molar-refractivity contribution in [2.75, 3.05) is 18.0 Å². The van der Waals surface area contributed by atoms with E-state index in [2.05, 4.69) is 9.97 Å². The molecular weight excluding hydrogens is 490 g/mol. The van der Waals surface area contributed by atoms with E-state index >= 15 is 0 Å². The average molecular weight is 514 g/mol. The van der Waals surface area contributed by atoms with Gasteiger partial charge in [0, 0.05) is 6.54 Å². The summed E-state index contributed by atoms with van der Waals surface area (Å²) in [6.07, 6.45) is 2.92. The first-order valence-corrected chi connectivity index (χ1v) is 12.6. The lowest BCUT2D eigenvalue weighted by Gasteiger charge is -2.27. The molecule has 0 radical (unpaired) electrons. The van der Waals surface area contributed by atoms with Crippen molar-refractivity contribution in [3.63, 3.8) is 0 Å². The van der Waals surface area contributed by atoms with Crippen LogP contribution in [0.2, 0.25) is 5.15 Å². The molecule has 4 rings (SSSR count). The monoisotopic (exact) mass is 513 g/mol. The molecule has 0 aliphatic rings. The highest BCUT2D eigenvalue weighted by Gasteiger charge is 2.32. The van der Waals surface area contributed by atoms with Crippen molar-refractivity contribution in [1.82, 2.24) is 9.97 Å². The van der Waals surface area contributed by atoms with Gasteiger partial charge in [-0.25, -0.2) is 22.7 Å². The summed E-state index contributed by atoms with van der Waals surface area (Å²) in [4.78, 5) is 9.06. The minimum atomic E-state index is -4.03. The molecule has 0 amide bonds. The van der Waals surface area contributed by atoms with Crippen molar-refractivity contribution >= 4 is 27.4 Å². The fraction of sp³-hybridized carbons (Fsp3) is 0.200. The second kappa shape index (κ2) is 10.4. The minimum Gasteiger partial charge on any atom is -0.493 e. The van der Waals surface area contributed by atoms with E-state index in [0.717, 1.165) is 0 Å². The zero-order valence-corrected chi connectivity index (χ0v) is 21.0. The maximum Gasteiger partial charge on any atom is 0.265 e. The van der Waals surface area contributed by atoms with Crippen LogP contribution in [-0.4, -0.2) is 32.0 Å². The Morgan fingerprint density at radius 2 is 1.69 bits per heavy atom. The van der Waals surface area contributed by atoms with Crippen LogP contribution < -0.4 is 13.8 Å². The second-order valence-electron chi connectivity index (χ2n) is 8.00. The fourth-order valence-electron chi connectivity index (χ4n) is 3.35. The van der Waals surface area contributed by atoms with E-state index in [-0.39, 0.29) is 39.9 Å². The Morgan fingerprint density at radius 3 is 2.31 bits per heavy atom. The molecule has 0 saturated carbocycles. The van der Waals surface area contributed by atoms with E-state index in [9.17, 15) is 8.42 Å². The highest BCUT2D eigenvalue weighted by atomic mass is 35.5. The molecule has 0 N–H and O–H groups in total. The van der Waals surface area contributed by atoms with E-state index in [4.69, 9.17) is 25.5 Å². The number of aromatic nitrogens is 2. The number of nitrogens with zero attached hydrogens (tertiary/aromatic N) is 3. The van der Waals surface area contributed by atoms with Crippen molar-refractivity contribution in [3.05, 3.63) is 78.3 Å². The first kappa shape index (κ1) is 24.6. The van der Waals surface area contributed by atoms with Crippen molar-refractivity contribution < 1.29 is 22.3 Å². The maximum atomic E-state index is 13.8. The number of hydrogen-bond acceptors (Lipinski definition) is 7. The molecule has 0 spiro atoms. The molecule has 10 heteroatoms. The van der Waals surface area contributed by atoms with Gasteiger partial charge in [0.2, 0.25) is 5.75 Å². The zero-order chi connectivity index (χ0) is 25.0.